The summed E-state index contributed by atoms with van der Waals surface area (Å²) in [5.41, 5.74) is -0.989. The van der Waals surface area contributed by atoms with Crippen LogP contribution in [0.15, 0.2) is 42.6 Å². The Bertz CT molecular complexity index is 697. The number of hydrogen-bond donors (Lipinski definition) is 1. The number of carbonyl (C=O) groups is 1. The van der Waals surface area contributed by atoms with E-state index in [0.29, 0.717) is 6.20 Å². The van der Waals surface area contributed by atoms with Gasteiger partial charge >= 0.3 is 6.18 Å². The predicted molar refractivity (Wildman–Crippen MR) is 70.3 cm³/mol. The van der Waals surface area contributed by atoms with Crippen LogP contribution in [0.25, 0.3) is 0 Å². The number of carbonyl (C=O) groups excluding carboxylic acids is 1. The van der Waals surface area contributed by atoms with Gasteiger partial charge in [0.15, 0.2) is 0 Å². The van der Waals surface area contributed by atoms with E-state index in [-0.39, 0.29) is 17.1 Å². The second kappa shape index (κ2) is 5.80. The molecule has 1 amide bonds. The van der Waals surface area contributed by atoms with Gasteiger partial charge < -0.3 is 5.32 Å². The Labute approximate surface area is 121 Å². The highest BCUT2D eigenvalue weighted by Crippen LogP contribution is 2.28. The zero-order chi connectivity index (χ0) is 16.3. The van der Waals surface area contributed by atoms with Gasteiger partial charge in [-0.1, -0.05) is 0 Å². The van der Waals surface area contributed by atoms with Crippen molar-refractivity contribution >= 4 is 17.4 Å². The Hall–Kier alpha value is -2.97. The lowest BCUT2D eigenvalue weighted by molar-refractivity contribution is -0.384. The van der Waals surface area contributed by atoms with E-state index < -0.39 is 22.6 Å². The molecule has 0 bridgehead atoms. The molecule has 0 aliphatic carbocycles. The molecule has 0 saturated heterocycles. The second-order valence-electron chi connectivity index (χ2n) is 4.19. The molecule has 9 heteroatoms. The van der Waals surface area contributed by atoms with Gasteiger partial charge in [0, 0.05) is 23.9 Å². The molecule has 0 aliphatic heterocycles. The standard InChI is InChI=1S/C13H8F3N3O3/c14-13(15,16)9-3-6-11(17-7-9)18-12(20)8-1-4-10(5-2-8)19(21)22/h1-7H,(H,17,18,20). The number of nitro benzene ring substituents is 1. The van der Waals surface area contributed by atoms with Crippen LogP contribution >= 0.6 is 0 Å². The zero-order valence-electron chi connectivity index (χ0n) is 10.8. The molecule has 6 nitrogen and oxygen atoms in total. The third-order valence-electron chi connectivity index (χ3n) is 2.67. The molecule has 0 radical (unpaired) electrons. The molecule has 114 valence electrons. The van der Waals surface area contributed by atoms with Crippen molar-refractivity contribution in [2.24, 2.45) is 0 Å². The first-order chi connectivity index (χ1) is 10.3. The van der Waals surface area contributed by atoms with Gasteiger partial charge in [0.05, 0.1) is 10.5 Å². The van der Waals surface area contributed by atoms with E-state index in [2.05, 4.69) is 10.3 Å². The van der Waals surface area contributed by atoms with Crippen LogP contribution in [0.4, 0.5) is 24.7 Å². The van der Waals surface area contributed by atoms with E-state index in [1.54, 1.807) is 0 Å². The number of nitrogens with zero attached hydrogens (tertiary/aromatic N) is 2. The van der Waals surface area contributed by atoms with Gasteiger partial charge in [0.25, 0.3) is 11.6 Å². The zero-order valence-corrected chi connectivity index (χ0v) is 10.8. The molecule has 1 aromatic heterocycles. The topological polar surface area (TPSA) is 85.1 Å². The highest BCUT2D eigenvalue weighted by molar-refractivity contribution is 6.03. The van der Waals surface area contributed by atoms with Crippen LogP contribution in [0.3, 0.4) is 0 Å². The fourth-order valence-corrected chi connectivity index (χ4v) is 1.56. The molecule has 0 unspecified atom stereocenters. The van der Waals surface area contributed by atoms with Crippen LogP contribution < -0.4 is 5.32 Å². The van der Waals surface area contributed by atoms with Gasteiger partial charge in [0.1, 0.15) is 5.82 Å². The third kappa shape index (κ3) is 3.57. The summed E-state index contributed by atoms with van der Waals surface area (Å²) >= 11 is 0. The maximum atomic E-state index is 12.4. The minimum atomic E-state index is -4.51. The summed E-state index contributed by atoms with van der Waals surface area (Å²) < 4.78 is 37.1. The molecule has 0 saturated carbocycles. The van der Waals surface area contributed by atoms with E-state index >= 15 is 0 Å². The summed E-state index contributed by atoms with van der Waals surface area (Å²) in [4.78, 5) is 25.2. The number of alkyl halides is 3. The minimum Gasteiger partial charge on any atom is -0.307 e. The van der Waals surface area contributed by atoms with Gasteiger partial charge in [-0.2, -0.15) is 13.2 Å². The number of benzene rings is 1. The Morgan fingerprint density at radius 1 is 1.14 bits per heavy atom. The minimum absolute atomic E-state index is 0.0589. The molecule has 1 aromatic carbocycles. The van der Waals surface area contributed by atoms with Crippen LogP contribution in [0, 0.1) is 10.1 Å². The van der Waals surface area contributed by atoms with Crippen molar-refractivity contribution in [3.8, 4) is 0 Å². The summed E-state index contributed by atoms with van der Waals surface area (Å²) in [5, 5.41) is 12.8. The number of non-ortho nitro benzene ring substituents is 1. The molecule has 0 atom stereocenters. The maximum Gasteiger partial charge on any atom is 0.417 e. The summed E-state index contributed by atoms with van der Waals surface area (Å²) in [6, 6.07) is 6.57. The molecule has 2 rings (SSSR count). The van der Waals surface area contributed by atoms with Crippen molar-refractivity contribution in [2.45, 2.75) is 6.18 Å². The fourth-order valence-electron chi connectivity index (χ4n) is 1.56. The molecule has 1 heterocycles. The van der Waals surface area contributed by atoms with E-state index in [0.717, 1.165) is 24.3 Å². The summed E-state index contributed by atoms with van der Waals surface area (Å²) in [7, 11) is 0. The Kier molecular flexibility index (Phi) is 4.06. The van der Waals surface area contributed by atoms with Gasteiger partial charge in [-0.15, -0.1) is 0 Å². The lowest BCUT2D eigenvalue weighted by atomic mass is 10.2. The summed E-state index contributed by atoms with van der Waals surface area (Å²) in [5.74, 6) is -0.696. The van der Waals surface area contributed by atoms with Gasteiger partial charge in [0.2, 0.25) is 0 Å². The lowest BCUT2D eigenvalue weighted by Crippen LogP contribution is -2.13. The van der Waals surface area contributed by atoms with Crippen LogP contribution in [0.5, 0.6) is 0 Å². The van der Waals surface area contributed by atoms with Crippen LogP contribution in [-0.2, 0) is 6.18 Å². The molecular weight excluding hydrogens is 303 g/mol. The van der Waals surface area contributed by atoms with Crippen molar-refractivity contribution in [2.75, 3.05) is 5.32 Å². The number of nitrogens with one attached hydrogen (secondary N) is 1. The highest BCUT2D eigenvalue weighted by atomic mass is 19.4. The average Bonchev–Trinajstić information content (AvgIpc) is 2.47. The first-order valence-electron chi connectivity index (χ1n) is 5.86. The molecule has 0 fully saturated rings. The van der Waals surface area contributed by atoms with Crippen molar-refractivity contribution in [1.29, 1.82) is 0 Å². The Balaban J connectivity index is 2.10. The first kappa shape index (κ1) is 15.4. The van der Waals surface area contributed by atoms with Gasteiger partial charge in [-0.3, -0.25) is 14.9 Å². The third-order valence-corrected chi connectivity index (χ3v) is 2.67. The molecule has 1 N–H and O–H groups in total. The second-order valence-corrected chi connectivity index (χ2v) is 4.19. The summed E-state index contributed by atoms with van der Waals surface area (Å²) in [6.07, 6.45) is -3.90. The SMILES string of the molecule is O=C(Nc1ccc(C(F)(F)F)cn1)c1ccc([N+](=O)[O-])cc1. The number of hydrogen-bond acceptors (Lipinski definition) is 4. The molecule has 0 aliphatic rings. The summed E-state index contributed by atoms with van der Waals surface area (Å²) in [6.45, 7) is 0. The highest BCUT2D eigenvalue weighted by Gasteiger charge is 2.30. The van der Waals surface area contributed by atoms with E-state index in [9.17, 15) is 28.1 Å². The normalized spacial score (nSPS) is 11.0. The predicted octanol–water partition coefficient (Wildman–Crippen LogP) is 3.26. The molecular formula is C13H8F3N3O3. The number of halogens is 3. The Morgan fingerprint density at radius 2 is 1.77 bits per heavy atom. The van der Waals surface area contributed by atoms with Gasteiger partial charge in [-0.05, 0) is 24.3 Å². The van der Waals surface area contributed by atoms with Crippen molar-refractivity contribution in [3.05, 3.63) is 63.8 Å². The van der Waals surface area contributed by atoms with Crippen LogP contribution in [0.2, 0.25) is 0 Å². The smallest absolute Gasteiger partial charge is 0.307 e. The lowest BCUT2D eigenvalue weighted by Gasteiger charge is -2.08. The molecule has 22 heavy (non-hydrogen) atoms. The van der Waals surface area contributed by atoms with Crippen molar-refractivity contribution < 1.29 is 22.9 Å². The fraction of sp³-hybridized carbons (Fsp3) is 0.0769. The maximum absolute atomic E-state index is 12.4. The van der Waals surface area contributed by atoms with Gasteiger partial charge in [-0.25, -0.2) is 4.98 Å². The van der Waals surface area contributed by atoms with Crippen LogP contribution in [0.1, 0.15) is 15.9 Å². The van der Waals surface area contributed by atoms with Crippen molar-refractivity contribution in [3.63, 3.8) is 0 Å². The first-order valence-corrected chi connectivity index (χ1v) is 5.86. The number of pyridine rings is 1. The van der Waals surface area contributed by atoms with Crippen LogP contribution in [-0.4, -0.2) is 15.8 Å². The Morgan fingerprint density at radius 3 is 2.23 bits per heavy atom. The molecule has 2 aromatic rings. The number of rotatable bonds is 3. The molecule has 0 spiro atoms. The van der Waals surface area contributed by atoms with Crippen molar-refractivity contribution in [1.82, 2.24) is 4.98 Å². The van der Waals surface area contributed by atoms with E-state index in [1.165, 1.54) is 12.1 Å². The number of anilines is 1. The quantitative estimate of drug-likeness (QED) is 0.696. The number of aromatic nitrogens is 1. The monoisotopic (exact) mass is 311 g/mol. The number of amides is 1. The average molecular weight is 311 g/mol. The van der Waals surface area contributed by atoms with E-state index in [4.69, 9.17) is 0 Å². The number of nitro groups is 1. The van der Waals surface area contributed by atoms with E-state index in [1.807, 2.05) is 0 Å². The largest absolute Gasteiger partial charge is 0.417 e.